The molecule has 4 N–H and O–H groups in total. The minimum absolute atomic E-state index is 0.115. The average molecular weight is 419 g/mol. The number of hydrogen-bond donors (Lipinski definition) is 4. The molecular formula is C21H23ClN2O5. The van der Waals surface area contributed by atoms with Gasteiger partial charge in [0.2, 0.25) is 0 Å². The summed E-state index contributed by atoms with van der Waals surface area (Å²) < 4.78 is 5.50. The van der Waals surface area contributed by atoms with Gasteiger partial charge in [0.25, 0.3) is 11.8 Å². The molecule has 3 atom stereocenters. The van der Waals surface area contributed by atoms with E-state index in [2.05, 4.69) is 10.6 Å². The molecular weight excluding hydrogens is 396 g/mol. The van der Waals surface area contributed by atoms with Crippen LogP contribution >= 0.6 is 11.6 Å². The third-order valence-corrected chi connectivity index (χ3v) is 5.08. The van der Waals surface area contributed by atoms with Gasteiger partial charge in [0.15, 0.2) is 0 Å². The van der Waals surface area contributed by atoms with E-state index in [1.807, 2.05) is 0 Å². The van der Waals surface area contributed by atoms with Crippen LogP contribution in [-0.2, 0) is 4.74 Å². The molecule has 1 heterocycles. The first-order valence-electron chi connectivity index (χ1n) is 9.28. The number of nitrogens with one attached hydrogen (secondary N) is 2. The maximum Gasteiger partial charge on any atom is 0.251 e. The van der Waals surface area contributed by atoms with E-state index in [4.69, 9.17) is 16.3 Å². The molecule has 2 aromatic carbocycles. The molecule has 0 unspecified atom stereocenters. The third kappa shape index (κ3) is 5.33. The molecule has 0 spiro atoms. The van der Waals surface area contributed by atoms with Crippen LogP contribution in [0.2, 0.25) is 5.02 Å². The third-order valence-electron chi connectivity index (χ3n) is 4.84. The molecule has 2 aromatic rings. The molecule has 3 rings (SSSR count). The Morgan fingerprint density at radius 2 is 1.76 bits per heavy atom. The van der Waals surface area contributed by atoms with Crippen molar-refractivity contribution < 1.29 is 24.5 Å². The lowest BCUT2D eigenvalue weighted by atomic mass is 9.95. The number of ether oxygens (including phenoxy) is 1. The summed E-state index contributed by atoms with van der Waals surface area (Å²) in [5, 5.41) is 26.9. The van der Waals surface area contributed by atoms with Crippen LogP contribution in [0.1, 0.15) is 27.1 Å². The Morgan fingerprint density at radius 3 is 2.48 bits per heavy atom. The smallest absolute Gasteiger partial charge is 0.251 e. The van der Waals surface area contributed by atoms with Gasteiger partial charge in [-0.3, -0.25) is 9.59 Å². The van der Waals surface area contributed by atoms with Gasteiger partial charge in [0, 0.05) is 22.7 Å². The van der Waals surface area contributed by atoms with E-state index in [0.717, 1.165) is 0 Å². The first kappa shape index (κ1) is 21.3. The average Bonchev–Trinajstić information content (AvgIpc) is 3.01. The van der Waals surface area contributed by atoms with E-state index in [1.54, 1.807) is 54.6 Å². The molecule has 8 heteroatoms. The van der Waals surface area contributed by atoms with Crippen molar-refractivity contribution in [3.05, 3.63) is 70.7 Å². The molecule has 7 nitrogen and oxygen atoms in total. The number of aliphatic hydroxyl groups excluding tert-OH is 1. The summed E-state index contributed by atoms with van der Waals surface area (Å²) in [6.45, 7) is -0.0110. The summed E-state index contributed by atoms with van der Waals surface area (Å²) >= 11 is 5.88. The first-order valence-corrected chi connectivity index (χ1v) is 9.66. The molecule has 0 aliphatic carbocycles. The largest absolute Gasteiger partial charge is 0.387 e. The number of aliphatic hydroxyl groups is 2. The van der Waals surface area contributed by atoms with Gasteiger partial charge in [0.05, 0.1) is 19.3 Å². The van der Waals surface area contributed by atoms with Gasteiger partial charge in [-0.25, -0.2) is 0 Å². The highest BCUT2D eigenvalue weighted by atomic mass is 35.5. The van der Waals surface area contributed by atoms with E-state index >= 15 is 0 Å². The Balaban J connectivity index is 1.46. The zero-order valence-corrected chi connectivity index (χ0v) is 16.4. The van der Waals surface area contributed by atoms with Gasteiger partial charge in [-0.15, -0.1) is 0 Å². The summed E-state index contributed by atoms with van der Waals surface area (Å²) in [6, 6.07) is 15.2. The highest BCUT2D eigenvalue weighted by Gasteiger charge is 2.47. The van der Waals surface area contributed by atoms with Crippen molar-refractivity contribution in [1.29, 1.82) is 0 Å². The normalized spacial score (nSPS) is 23.6. The number of benzene rings is 2. The Kier molecular flexibility index (Phi) is 6.87. The fourth-order valence-corrected chi connectivity index (χ4v) is 3.35. The fraction of sp³-hybridized carbons (Fsp3) is 0.333. The lowest BCUT2D eigenvalue weighted by Gasteiger charge is -2.26. The summed E-state index contributed by atoms with van der Waals surface area (Å²) in [7, 11) is 0. The highest BCUT2D eigenvalue weighted by molar-refractivity contribution is 6.30. The number of carbonyl (C=O) groups excluding carboxylic acids is 2. The fourth-order valence-electron chi connectivity index (χ4n) is 3.16. The molecule has 0 bridgehead atoms. The summed E-state index contributed by atoms with van der Waals surface area (Å²) in [6.07, 6.45) is -1.54. The Labute approximate surface area is 173 Å². The van der Waals surface area contributed by atoms with Crippen LogP contribution in [0.3, 0.4) is 0 Å². The minimum atomic E-state index is -1.59. The van der Waals surface area contributed by atoms with Gasteiger partial charge < -0.3 is 25.6 Å². The quantitative estimate of drug-likeness (QED) is 0.543. The second-order valence-electron chi connectivity index (χ2n) is 7.00. The predicted molar refractivity (Wildman–Crippen MR) is 108 cm³/mol. The molecule has 1 saturated heterocycles. The number of rotatable bonds is 7. The number of hydrogen-bond acceptors (Lipinski definition) is 5. The summed E-state index contributed by atoms with van der Waals surface area (Å²) in [5.41, 5.74) is -0.693. The molecule has 1 aliphatic rings. The van der Waals surface area contributed by atoms with Crippen molar-refractivity contribution in [1.82, 2.24) is 10.6 Å². The molecule has 1 aliphatic heterocycles. The van der Waals surface area contributed by atoms with Crippen LogP contribution in [0.25, 0.3) is 0 Å². The van der Waals surface area contributed by atoms with Crippen LogP contribution in [0, 0.1) is 0 Å². The number of halogens is 1. The standard InChI is InChI=1S/C21H23ClN2O5/c22-16-8-4-7-15(11-16)20(27)23-10-9-17-18(25)21(28,13-29-17)12-24-19(26)14-5-2-1-3-6-14/h1-8,11,17-18,25,28H,9-10,12-13H2,(H,23,27)(H,24,26)/t17-,18-,21+/m1/s1. The lowest BCUT2D eigenvalue weighted by molar-refractivity contribution is -0.0474. The summed E-state index contributed by atoms with van der Waals surface area (Å²) in [4.78, 5) is 24.3. The monoisotopic (exact) mass is 418 g/mol. The van der Waals surface area contributed by atoms with Gasteiger partial charge in [-0.1, -0.05) is 35.9 Å². The van der Waals surface area contributed by atoms with E-state index < -0.39 is 17.8 Å². The van der Waals surface area contributed by atoms with E-state index in [0.29, 0.717) is 22.6 Å². The van der Waals surface area contributed by atoms with Crippen LogP contribution in [0.4, 0.5) is 0 Å². The molecule has 0 aromatic heterocycles. The van der Waals surface area contributed by atoms with Crippen molar-refractivity contribution >= 4 is 23.4 Å². The van der Waals surface area contributed by atoms with E-state index in [1.165, 1.54) is 0 Å². The predicted octanol–water partition coefficient (Wildman–Crippen LogP) is 1.38. The zero-order valence-electron chi connectivity index (χ0n) is 15.7. The Bertz CT molecular complexity index is 863. The van der Waals surface area contributed by atoms with E-state index in [9.17, 15) is 19.8 Å². The maximum atomic E-state index is 12.1. The number of amides is 2. The molecule has 29 heavy (non-hydrogen) atoms. The second-order valence-corrected chi connectivity index (χ2v) is 7.44. The van der Waals surface area contributed by atoms with Gasteiger partial charge in [-0.2, -0.15) is 0 Å². The SMILES string of the molecule is O=C(NCC[C@H]1OC[C@@](O)(CNC(=O)c2ccccc2)[C@@H]1O)c1cccc(Cl)c1. The van der Waals surface area contributed by atoms with Gasteiger partial charge in [-0.05, 0) is 36.8 Å². The van der Waals surface area contributed by atoms with Crippen LogP contribution in [0.5, 0.6) is 0 Å². The number of carbonyl (C=O) groups is 2. The van der Waals surface area contributed by atoms with Gasteiger partial charge in [0.1, 0.15) is 11.7 Å². The van der Waals surface area contributed by atoms with Crippen molar-refractivity contribution in [3.63, 3.8) is 0 Å². The van der Waals surface area contributed by atoms with Crippen LogP contribution < -0.4 is 10.6 Å². The maximum absolute atomic E-state index is 12.1. The highest BCUT2D eigenvalue weighted by Crippen LogP contribution is 2.26. The lowest BCUT2D eigenvalue weighted by Crippen LogP contribution is -2.52. The van der Waals surface area contributed by atoms with Crippen molar-refractivity contribution in [2.45, 2.75) is 24.2 Å². The van der Waals surface area contributed by atoms with Crippen LogP contribution in [0.15, 0.2) is 54.6 Å². The first-order chi connectivity index (χ1) is 13.9. The van der Waals surface area contributed by atoms with Crippen molar-refractivity contribution in [2.24, 2.45) is 0 Å². The van der Waals surface area contributed by atoms with E-state index in [-0.39, 0.29) is 31.5 Å². The molecule has 1 fully saturated rings. The zero-order chi connectivity index (χ0) is 20.9. The molecule has 0 saturated carbocycles. The van der Waals surface area contributed by atoms with Crippen LogP contribution in [-0.4, -0.2) is 59.5 Å². The Hall–Kier alpha value is -2.45. The van der Waals surface area contributed by atoms with Gasteiger partial charge >= 0.3 is 0 Å². The molecule has 2 amide bonds. The van der Waals surface area contributed by atoms with Crippen molar-refractivity contribution in [2.75, 3.05) is 19.7 Å². The Morgan fingerprint density at radius 1 is 1.07 bits per heavy atom. The summed E-state index contributed by atoms with van der Waals surface area (Å²) in [5.74, 6) is -0.631. The topological polar surface area (TPSA) is 108 Å². The molecule has 154 valence electrons. The second kappa shape index (κ2) is 9.37. The molecule has 0 radical (unpaired) electrons. The van der Waals surface area contributed by atoms with Crippen molar-refractivity contribution in [3.8, 4) is 0 Å². The minimum Gasteiger partial charge on any atom is -0.387 e.